The fourth-order valence-electron chi connectivity index (χ4n) is 1.06. The number of ether oxygens (including phenoxy) is 1. The van der Waals surface area contributed by atoms with Crippen molar-refractivity contribution < 1.29 is 9.53 Å². The fourth-order valence-corrected chi connectivity index (χ4v) is 2.95. The Morgan fingerprint density at radius 2 is 2.11 bits per heavy atom. The van der Waals surface area contributed by atoms with Crippen LogP contribution in [0.3, 0.4) is 0 Å². The predicted molar refractivity (Wildman–Crippen MR) is 75.4 cm³/mol. The Balaban J connectivity index is 2.27. The molecule has 0 radical (unpaired) electrons. The van der Waals surface area contributed by atoms with Gasteiger partial charge in [-0.05, 0) is 12.8 Å². The van der Waals surface area contributed by atoms with Crippen molar-refractivity contribution in [3.05, 3.63) is 0 Å². The lowest BCUT2D eigenvalue weighted by molar-refractivity contribution is 0.160. The van der Waals surface area contributed by atoms with E-state index >= 15 is 0 Å². The zero-order chi connectivity index (χ0) is 13.2. The molecule has 1 rings (SSSR count). The molecule has 0 atom stereocenters. The van der Waals surface area contributed by atoms with Crippen LogP contribution in [-0.2, 0) is 4.74 Å². The SMILES string of the molecule is CCCCOC(=O)Nc1nnc(SCCCC)s1. The maximum Gasteiger partial charge on any atom is 0.413 e. The first-order chi connectivity index (χ1) is 8.76. The minimum Gasteiger partial charge on any atom is -0.449 e. The van der Waals surface area contributed by atoms with E-state index in [1.807, 2.05) is 6.92 Å². The lowest BCUT2D eigenvalue weighted by atomic mass is 10.4. The van der Waals surface area contributed by atoms with Gasteiger partial charge in [-0.1, -0.05) is 49.8 Å². The number of thioether (sulfide) groups is 1. The van der Waals surface area contributed by atoms with Crippen molar-refractivity contribution in [2.24, 2.45) is 0 Å². The molecule has 0 fully saturated rings. The number of nitrogens with zero attached hydrogens (tertiary/aromatic N) is 2. The first kappa shape index (κ1) is 15.2. The van der Waals surface area contributed by atoms with Crippen LogP contribution in [0.4, 0.5) is 9.93 Å². The van der Waals surface area contributed by atoms with E-state index in [9.17, 15) is 4.79 Å². The third-order valence-electron chi connectivity index (χ3n) is 2.07. The van der Waals surface area contributed by atoms with Crippen molar-refractivity contribution >= 4 is 34.3 Å². The molecule has 0 aliphatic carbocycles. The Labute approximate surface area is 116 Å². The molecule has 0 saturated heterocycles. The highest BCUT2D eigenvalue weighted by atomic mass is 32.2. The van der Waals surface area contributed by atoms with Gasteiger partial charge in [-0.15, -0.1) is 10.2 Å². The largest absolute Gasteiger partial charge is 0.449 e. The van der Waals surface area contributed by atoms with Crippen molar-refractivity contribution in [3.63, 3.8) is 0 Å². The van der Waals surface area contributed by atoms with E-state index in [-0.39, 0.29) is 0 Å². The number of amides is 1. The van der Waals surface area contributed by atoms with Crippen LogP contribution >= 0.6 is 23.1 Å². The van der Waals surface area contributed by atoms with Crippen LogP contribution < -0.4 is 5.32 Å². The third-order valence-corrected chi connectivity index (χ3v) is 4.13. The van der Waals surface area contributed by atoms with E-state index < -0.39 is 6.09 Å². The second-order valence-corrected chi connectivity index (χ2v) is 6.01. The van der Waals surface area contributed by atoms with E-state index in [4.69, 9.17) is 4.74 Å². The molecule has 1 amide bonds. The number of aromatic nitrogens is 2. The highest BCUT2D eigenvalue weighted by Crippen LogP contribution is 2.26. The molecule has 0 unspecified atom stereocenters. The second-order valence-electron chi connectivity index (χ2n) is 3.69. The third kappa shape index (κ3) is 6.20. The number of anilines is 1. The second kappa shape index (κ2) is 9.16. The lowest BCUT2D eigenvalue weighted by Crippen LogP contribution is -2.14. The summed E-state index contributed by atoms with van der Waals surface area (Å²) in [5.41, 5.74) is 0. The van der Waals surface area contributed by atoms with E-state index in [1.54, 1.807) is 11.8 Å². The van der Waals surface area contributed by atoms with Gasteiger partial charge in [0.05, 0.1) is 6.61 Å². The molecule has 0 aromatic carbocycles. The molecule has 5 nitrogen and oxygen atoms in total. The van der Waals surface area contributed by atoms with E-state index in [2.05, 4.69) is 22.4 Å². The topological polar surface area (TPSA) is 64.1 Å². The summed E-state index contributed by atoms with van der Waals surface area (Å²) in [6.07, 6.45) is 3.75. The zero-order valence-electron chi connectivity index (χ0n) is 10.8. The predicted octanol–water partition coefficient (Wildman–Crippen LogP) is 3.78. The summed E-state index contributed by atoms with van der Waals surface area (Å²) in [5.74, 6) is 1.03. The van der Waals surface area contributed by atoms with Gasteiger partial charge in [0.1, 0.15) is 0 Å². The monoisotopic (exact) mass is 289 g/mol. The standard InChI is InChI=1S/C11H19N3O2S2/c1-3-5-7-16-10(15)12-9-13-14-11(18-9)17-8-6-4-2/h3-8H2,1-2H3,(H,12,13,15). The number of hydrogen-bond acceptors (Lipinski definition) is 6. The van der Waals surface area contributed by atoms with Crippen LogP contribution in [0.25, 0.3) is 0 Å². The summed E-state index contributed by atoms with van der Waals surface area (Å²) in [7, 11) is 0. The van der Waals surface area contributed by atoms with Crippen LogP contribution in [0.2, 0.25) is 0 Å². The minimum atomic E-state index is -0.454. The van der Waals surface area contributed by atoms with E-state index in [0.717, 1.165) is 29.4 Å². The number of rotatable bonds is 8. The molecule has 1 N–H and O–H groups in total. The fraction of sp³-hybridized carbons (Fsp3) is 0.727. The molecule has 1 aromatic rings. The zero-order valence-corrected chi connectivity index (χ0v) is 12.4. The molecular formula is C11H19N3O2S2. The molecular weight excluding hydrogens is 270 g/mol. The van der Waals surface area contributed by atoms with Crippen LogP contribution in [0, 0.1) is 0 Å². The van der Waals surface area contributed by atoms with Gasteiger partial charge < -0.3 is 4.74 Å². The summed E-state index contributed by atoms with van der Waals surface area (Å²) in [4.78, 5) is 11.4. The van der Waals surface area contributed by atoms with Crippen molar-refractivity contribution in [2.75, 3.05) is 17.7 Å². The molecule has 7 heteroatoms. The Hall–Kier alpha value is -0.820. The summed E-state index contributed by atoms with van der Waals surface area (Å²) >= 11 is 3.05. The first-order valence-electron chi connectivity index (χ1n) is 6.16. The van der Waals surface area contributed by atoms with Gasteiger partial charge >= 0.3 is 6.09 Å². The molecule has 0 bridgehead atoms. The van der Waals surface area contributed by atoms with Crippen LogP contribution in [0.5, 0.6) is 0 Å². The minimum absolute atomic E-state index is 0.444. The van der Waals surface area contributed by atoms with Gasteiger partial charge in [-0.3, -0.25) is 5.32 Å². The van der Waals surface area contributed by atoms with Gasteiger partial charge in [-0.2, -0.15) is 0 Å². The average Bonchev–Trinajstić information content (AvgIpc) is 2.77. The highest BCUT2D eigenvalue weighted by molar-refractivity contribution is 8.01. The molecule has 1 heterocycles. The first-order valence-corrected chi connectivity index (χ1v) is 7.96. The molecule has 102 valence electrons. The van der Waals surface area contributed by atoms with Crippen molar-refractivity contribution in [1.29, 1.82) is 0 Å². The van der Waals surface area contributed by atoms with Gasteiger partial charge in [-0.25, -0.2) is 4.79 Å². The average molecular weight is 289 g/mol. The maximum atomic E-state index is 11.4. The van der Waals surface area contributed by atoms with Crippen molar-refractivity contribution in [2.45, 2.75) is 43.9 Å². The van der Waals surface area contributed by atoms with Gasteiger partial charge in [0.15, 0.2) is 4.34 Å². The van der Waals surface area contributed by atoms with Crippen LogP contribution in [-0.4, -0.2) is 28.7 Å². The Morgan fingerprint density at radius 1 is 1.33 bits per heavy atom. The number of hydrogen-bond donors (Lipinski definition) is 1. The van der Waals surface area contributed by atoms with E-state index in [1.165, 1.54) is 17.8 Å². The van der Waals surface area contributed by atoms with Crippen LogP contribution in [0.1, 0.15) is 39.5 Å². The van der Waals surface area contributed by atoms with E-state index in [0.29, 0.717) is 11.7 Å². The molecule has 0 aliphatic rings. The number of nitrogens with one attached hydrogen (secondary N) is 1. The smallest absolute Gasteiger partial charge is 0.413 e. The lowest BCUT2D eigenvalue weighted by Gasteiger charge is -2.02. The molecule has 0 saturated carbocycles. The Bertz CT molecular complexity index is 358. The van der Waals surface area contributed by atoms with Gasteiger partial charge in [0, 0.05) is 5.75 Å². The summed E-state index contributed by atoms with van der Waals surface area (Å²) in [5, 5.41) is 11.0. The summed E-state index contributed by atoms with van der Waals surface area (Å²) in [6.45, 7) is 4.64. The Kier molecular flexibility index (Phi) is 7.75. The van der Waals surface area contributed by atoms with Crippen molar-refractivity contribution in [3.8, 4) is 0 Å². The quantitative estimate of drug-likeness (QED) is 0.448. The molecule has 18 heavy (non-hydrogen) atoms. The van der Waals surface area contributed by atoms with Gasteiger partial charge in [0.2, 0.25) is 5.13 Å². The maximum absolute atomic E-state index is 11.4. The number of carbonyl (C=O) groups is 1. The molecule has 1 aromatic heterocycles. The Morgan fingerprint density at radius 3 is 2.83 bits per heavy atom. The number of unbranched alkanes of at least 4 members (excludes halogenated alkanes) is 2. The number of carbonyl (C=O) groups excluding carboxylic acids is 1. The summed E-state index contributed by atoms with van der Waals surface area (Å²) < 4.78 is 5.86. The summed E-state index contributed by atoms with van der Waals surface area (Å²) in [6, 6.07) is 0. The van der Waals surface area contributed by atoms with Gasteiger partial charge in [0.25, 0.3) is 0 Å². The normalized spacial score (nSPS) is 10.3. The highest BCUT2D eigenvalue weighted by Gasteiger charge is 2.08. The van der Waals surface area contributed by atoms with Crippen molar-refractivity contribution in [1.82, 2.24) is 10.2 Å². The molecule has 0 spiro atoms. The van der Waals surface area contributed by atoms with Crippen LogP contribution in [0.15, 0.2) is 4.34 Å². The molecule has 0 aliphatic heterocycles.